The topological polar surface area (TPSA) is 201 Å². The first kappa shape index (κ1) is 35.0. The number of esters is 1. The van der Waals surface area contributed by atoms with Crippen LogP contribution in [0.2, 0.25) is 0 Å². The molecule has 17 nitrogen and oxygen atoms in total. The van der Waals surface area contributed by atoms with Crippen molar-refractivity contribution in [2.75, 3.05) is 19.0 Å². The van der Waals surface area contributed by atoms with E-state index in [-0.39, 0.29) is 34.8 Å². The molecule has 0 spiro atoms. The van der Waals surface area contributed by atoms with E-state index in [0.717, 1.165) is 5.39 Å². The molecule has 2 fully saturated rings. The van der Waals surface area contributed by atoms with Crippen molar-refractivity contribution in [1.29, 1.82) is 0 Å². The molecular formula is C32H37N6O11P. The van der Waals surface area contributed by atoms with Crippen molar-refractivity contribution < 1.29 is 51.7 Å². The molecule has 2 N–H and O–H groups in total. The van der Waals surface area contributed by atoms with Crippen LogP contribution < -0.4 is 14.9 Å². The molecule has 50 heavy (non-hydrogen) atoms. The molecular weight excluding hydrogens is 675 g/mol. The molecule has 0 aliphatic carbocycles. The lowest BCUT2D eigenvalue weighted by Gasteiger charge is -2.29. The first-order valence-electron chi connectivity index (χ1n) is 15.7. The van der Waals surface area contributed by atoms with Crippen molar-refractivity contribution in [3.63, 3.8) is 0 Å². The fourth-order valence-corrected chi connectivity index (χ4v) is 7.23. The van der Waals surface area contributed by atoms with Gasteiger partial charge in [0.15, 0.2) is 35.4 Å². The number of carbonyl (C=O) groups is 3. The van der Waals surface area contributed by atoms with E-state index in [9.17, 15) is 18.9 Å². The number of hydrogen-bond acceptors (Lipinski definition) is 14. The molecule has 0 saturated carbocycles. The number of carbonyl (C=O) groups excluding carboxylic acids is 3. The molecule has 18 heteroatoms. The predicted octanol–water partition coefficient (Wildman–Crippen LogP) is 5.12. The van der Waals surface area contributed by atoms with Crippen molar-refractivity contribution in [1.82, 2.24) is 24.6 Å². The molecule has 0 bridgehead atoms. The van der Waals surface area contributed by atoms with Crippen LogP contribution >= 0.6 is 7.75 Å². The van der Waals surface area contributed by atoms with Gasteiger partial charge in [0.1, 0.15) is 24.2 Å². The Balaban J connectivity index is 1.28. The molecule has 0 radical (unpaired) electrons. The summed E-state index contributed by atoms with van der Waals surface area (Å²) >= 11 is 0. The van der Waals surface area contributed by atoms with Crippen LogP contribution in [-0.4, -0.2) is 81.9 Å². The monoisotopic (exact) mass is 712 g/mol. The Kier molecular flexibility index (Phi) is 9.68. The number of hydrogen-bond donors (Lipinski definition) is 2. The van der Waals surface area contributed by atoms with Crippen molar-refractivity contribution in [3.8, 4) is 5.75 Å². The van der Waals surface area contributed by atoms with Gasteiger partial charge in [-0.25, -0.2) is 29.1 Å². The van der Waals surface area contributed by atoms with Crippen LogP contribution in [0.5, 0.6) is 5.75 Å². The van der Waals surface area contributed by atoms with Gasteiger partial charge >= 0.3 is 26.0 Å². The molecule has 7 atom stereocenters. The first-order chi connectivity index (χ1) is 23.7. The lowest BCUT2D eigenvalue weighted by molar-refractivity contribution is -0.148. The van der Waals surface area contributed by atoms with Crippen LogP contribution in [0.4, 0.5) is 15.4 Å². The Bertz CT molecular complexity index is 1960. The molecule has 2 saturated heterocycles. The van der Waals surface area contributed by atoms with Gasteiger partial charge in [-0.05, 0) is 30.7 Å². The highest BCUT2D eigenvalue weighted by molar-refractivity contribution is 7.52. The zero-order valence-electron chi connectivity index (χ0n) is 28.1. The van der Waals surface area contributed by atoms with E-state index in [1.165, 1.54) is 31.3 Å². The Morgan fingerprint density at radius 2 is 1.78 bits per heavy atom. The molecule has 4 heterocycles. The van der Waals surface area contributed by atoms with Crippen molar-refractivity contribution in [2.45, 2.75) is 71.3 Å². The van der Waals surface area contributed by atoms with Crippen LogP contribution in [-0.2, 0) is 37.6 Å². The number of amides is 1. The summed E-state index contributed by atoms with van der Waals surface area (Å²) in [7, 11) is -3.22. The smallest absolute Gasteiger partial charge is 0.464 e. The number of anilines is 1. The minimum Gasteiger partial charge on any atom is -0.464 e. The van der Waals surface area contributed by atoms with Crippen molar-refractivity contribution in [3.05, 3.63) is 55.1 Å². The lowest BCUT2D eigenvalue weighted by Crippen LogP contribution is -2.41. The summed E-state index contributed by atoms with van der Waals surface area (Å²) < 4.78 is 55.8. The highest BCUT2D eigenvalue weighted by atomic mass is 31.2. The minimum absolute atomic E-state index is 0.0795. The number of nitrogens with zero attached hydrogens (tertiary/aromatic N) is 4. The van der Waals surface area contributed by atoms with Gasteiger partial charge in [-0.1, -0.05) is 57.2 Å². The molecule has 4 aromatic rings. The number of aromatic nitrogens is 4. The van der Waals surface area contributed by atoms with E-state index < -0.39 is 62.7 Å². The third kappa shape index (κ3) is 7.35. The maximum absolute atomic E-state index is 14.7. The summed E-state index contributed by atoms with van der Waals surface area (Å²) in [5.74, 6) is -0.347. The number of rotatable bonds is 11. The van der Waals surface area contributed by atoms with E-state index >= 15 is 0 Å². The van der Waals surface area contributed by atoms with Crippen molar-refractivity contribution in [2.24, 2.45) is 5.41 Å². The van der Waals surface area contributed by atoms with Gasteiger partial charge in [0.25, 0.3) is 0 Å². The first-order valence-corrected chi connectivity index (χ1v) is 17.2. The molecule has 7 unspecified atom stereocenters. The Morgan fingerprint density at radius 1 is 1.04 bits per heavy atom. The van der Waals surface area contributed by atoms with Crippen LogP contribution in [0.15, 0.2) is 55.1 Å². The van der Waals surface area contributed by atoms with E-state index in [1.54, 1.807) is 25.1 Å². The highest BCUT2D eigenvalue weighted by Crippen LogP contribution is 2.50. The fraction of sp³-hybridized carbons (Fsp3) is 0.438. The van der Waals surface area contributed by atoms with Crippen LogP contribution in [0.1, 0.15) is 40.8 Å². The SMILES string of the molecule is COC(=O)Nc1ncnc2c1ncn2C1OC(C(C)OP(=O)(NC(C)C(=O)OCC(C)(C)C)Oc2cccc3ccccc23)C2OC(=O)OC21. The van der Waals surface area contributed by atoms with Gasteiger partial charge < -0.3 is 28.2 Å². The van der Waals surface area contributed by atoms with Crippen LogP contribution in [0.25, 0.3) is 21.9 Å². The second-order valence-electron chi connectivity index (χ2n) is 13.0. The number of benzene rings is 2. The summed E-state index contributed by atoms with van der Waals surface area (Å²) in [6.45, 7) is 8.92. The van der Waals surface area contributed by atoms with E-state index in [2.05, 4.69) is 30.1 Å². The number of methoxy groups -OCH3 is 1. The zero-order chi connectivity index (χ0) is 35.8. The molecule has 1 amide bonds. The van der Waals surface area contributed by atoms with Crippen LogP contribution in [0.3, 0.4) is 0 Å². The van der Waals surface area contributed by atoms with Gasteiger partial charge in [0.05, 0.1) is 26.1 Å². The third-order valence-corrected chi connectivity index (χ3v) is 9.57. The van der Waals surface area contributed by atoms with Gasteiger partial charge in [-0.15, -0.1) is 0 Å². The summed E-state index contributed by atoms with van der Waals surface area (Å²) in [4.78, 5) is 49.9. The Labute approximate surface area is 286 Å². The Hall–Kier alpha value is -4.83. The molecule has 2 aromatic heterocycles. The third-order valence-electron chi connectivity index (χ3n) is 7.82. The number of imidazole rings is 1. The average Bonchev–Trinajstić information content (AvgIpc) is 3.76. The Morgan fingerprint density at radius 3 is 2.54 bits per heavy atom. The van der Waals surface area contributed by atoms with E-state index in [4.69, 9.17) is 28.0 Å². The quantitative estimate of drug-likeness (QED) is 0.118. The number of ether oxygens (including phenoxy) is 5. The summed E-state index contributed by atoms with van der Waals surface area (Å²) in [5, 5.41) is 6.67. The largest absolute Gasteiger partial charge is 0.509 e. The van der Waals surface area contributed by atoms with Gasteiger partial charge in [0.2, 0.25) is 0 Å². The van der Waals surface area contributed by atoms with E-state index in [1.807, 2.05) is 45.0 Å². The second-order valence-corrected chi connectivity index (χ2v) is 14.6. The van der Waals surface area contributed by atoms with Gasteiger partial charge in [0, 0.05) is 5.39 Å². The molecule has 2 aromatic carbocycles. The number of fused-ring (bicyclic) bond motifs is 3. The lowest BCUT2D eigenvalue weighted by atomic mass is 9.99. The molecule has 2 aliphatic rings. The molecule has 266 valence electrons. The highest BCUT2D eigenvalue weighted by Gasteiger charge is 2.58. The minimum atomic E-state index is -4.43. The van der Waals surface area contributed by atoms with Crippen LogP contribution in [0, 0.1) is 5.41 Å². The standard InChI is InChI=1S/C32H37N6O11P/c1-17(29(39)44-14-32(3,4)5)37-50(42,49-21-13-9-11-19-10-7-8-12-20(19)21)48-18(2)23-24-25(47-31(41)46-24)28(45-23)38-16-35-22-26(36-30(40)43-6)33-15-34-27(22)38/h7-13,15-18,23-25,28H,14H2,1-6H3,(H,37,42)(H,33,34,36,40). The summed E-state index contributed by atoms with van der Waals surface area (Å²) in [5.41, 5.74) is 0.144. The maximum Gasteiger partial charge on any atom is 0.509 e. The zero-order valence-corrected chi connectivity index (χ0v) is 29.0. The van der Waals surface area contributed by atoms with Crippen molar-refractivity contribution >= 4 is 53.7 Å². The van der Waals surface area contributed by atoms with Gasteiger partial charge in [-0.3, -0.25) is 19.2 Å². The summed E-state index contributed by atoms with van der Waals surface area (Å²) in [6.07, 6.45) is -4.32. The maximum atomic E-state index is 14.7. The predicted molar refractivity (Wildman–Crippen MR) is 176 cm³/mol. The average molecular weight is 713 g/mol. The normalized spacial score (nSPS) is 22.6. The van der Waals surface area contributed by atoms with Gasteiger partial charge in [-0.2, -0.15) is 5.09 Å². The molecule has 6 rings (SSSR count). The summed E-state index contributed by atoms with van der Waals surface area (Å²) in [6, 6.07) is 11.5. The molecule has 2 aliphatic heterocycles. The fourth-order valence-electron chi connectivity index (χ4n) is 5.52. The second kappa shape index (κ2) is 13.8. The van der Waals surface area contributed by atoms with E-state index in [0.29, 0.717) is 5.39 Å². The number of nitrogens with one attached hydrogen (secondary N) is 2.